The van der Waals surface area contributed by atoms with Gasteiger partial charge in [0, 0.05) is 6.20 Å². The Morgan fingerprint density at radius 3 is 2.90 bits per heavy atom. The Labute approximate surface area is 59.4 Å². The lowest BCUT2D eigenvalue weighted by Crippen LogP contribution is -2.11. The van der Waals surface area contributed by atoms with Gasteiger partial charge in [-0.05, 0) is 13.0 Å². The Balaban J connectivity index is 2.18. The van der Waals surface area contributed by atoms with Crippen molar-refractivity contribution < 1.29 is 9.53 Å². The number of esters is 1. The summed E-state index contributed by atoms with van der Waals surface area (Å²) in [7, 11) is 0. The van der Waals surface area contributed by atoms with Crippen LogP contribution in [0.1, 0.15) is 6.42 Å². The lowest BCUT2D eigenvalue weighted by atomic mass is 10.2. The predicted octanol–water partition coefficient (Wildman–Crippen LogP) is 0.722. The third kappa shape index (κ3) is 1.69. The van der Waals surface area contributed by atoms with Crippen molar-refractivity contribution in [3.8, 4) is 0 Å². The van der Waals surface area contributed by atoms with Gasteiger partial charge in [-0.3, -0.25) is 9.79 Å². The second-order valence-electron chi connectivity index (χ2n) is 1.83. The van der Waals surface area contributed by atoms with Crippen LogP contribution in [-0.4, -0.2) is 18.3 Å². The molecule has 0 bridgehead atoms. The maximum atomic E-state index is 10.7. The number of carbonyl (C=O) groups is 1. The van der Waals surface area contributed by atoms with Gasteiger partial charge in [-0.1, -0.05) is 0 Å². The topological polar surface area (TPSA) is 38.7 Å². The third-order valence-corrected chi connectivity index (χ3v) is 1.10. The molecule has 1 radical (unpaired) electrons. The lowest BCUT2D eigenvalue weighted by molar-refractivity contribution is -0.140. The molecule has 0 aromatic carbocycles. The molecule has 0 saturated heterocycles. The minimum atomic E-state index is -0.266. The Morgan fingerprint density at radius 2 is 2.50 bits per heavy atom. The van der Waals surface area contributed by atoms with Crippen LogP contribution in [0.15, 0.2) is 17.3 Å². The fraction of sp³-hybridized carbons (Fsp3) is 0.286. The number of hydrogen-bond donors (Lipinski definition) is 0. The van der Waals surface area contributed by atoms with Crippen LogP contribution in [0, 0.1) is 6.92 Å². The normalized spacial score (nSPS) is 13.9. The molecule has 10 heavy (non-hydrogen) atoms. The second kappa shape index (κ2) is 3.15. The Kier molecular flexibility index (Phi) is 2.20. The molecule has 0 atom stereocenters. The van der Waals surface area contributed by atoms with Gasteiger partial charge in [0.15, 0.2) is 0 Å². The summed E-state index contributed by atoms with van der Waals surface area (Å²) in [5.41, 5.74) is 0.776. The maximum Gasteiger partial charge on any atom is 0.311 e. The van der Waals surface area contributed by atoms with Gasteiger partial charge in [0.05, 0.1) is 18.7 Å². The van der Waals surface area contributed by atoms with Crippen LogP contribution in [0.3, 0.4) is 0 Å². The van der Waals surface area contributed by atoms with Gasteiger partial charge >= 0.3 is 5.97 Å². The van der Waals surface area contributed by atoms with Crippen molar-refractivity contribution in [2.45, 2.75) is 6.42 Å². The van der Waals surface area contributed by atoms with Crippen LogP contribution in [-0.2, 0) is 9.53 Å². The highest BCUT2D eigenvalue weighted by molar-refractivity contribution is 6.08. The number of carbonyl (C=O) groups excluding carboxylic acids is 1. The zero-order valence-electron chi connectivity index (χ0n) is 5.54. The molecule has 1 rings (SSSR count). The van der Waals surface area contributed by atoms with Crippen LogP contribution in [0.4, 0.5) is 0 Å². The molecule has 0 aromatic heterocycles. The minimum absolute atomic E-state index is 0.190. The maximum absolute atomic E-state index is 10.7. The van der Waals surface area contributed by atoms with E-state index < -0.39 is 0 Å². The van der Waals surface area contributed by atoms with Crippen LogP contribution in [0.25, 0.3) is 0 Å². The number of allylic oxidation sites excluding steroid dienone is 1. The molecule has 0 aromatic rings. The van der Waals surface area contributed by atoms with E-state index in [0.29, 0.717) is 0 Å². The Hall–Kier alpha value is -1.12. The Bertz CT molecular complexity index is 194. The van der Waals surface area contributed by atoms with Gasteiger partial charge in [0.1, 0.15) is 0 Å². The number of nitrogens with zero attached hydrogens (tertiary/aromatic N) is 1. The summed E-state index contributed by atoms with van der Waals surface area (Å²) in [5, 5.41) is 0. The van der Waals surface area contributed by atoms with E-state index in [1.165, 1.54) is 0 Å². The molecular formula is C7H8NO2. The van der Waals surface area contributed by atoms with Crippen molar-refractivity contribution in [2.24, 2.45) is 4.99 Å². The quantitative estimate of drug-likeness (QED) is 0.539. The van der Waals surface area contributed by atoms with Crippen molar-refractivity contribution in [1.82, 2.24) is 0 Å². The molecule has 3 heteroatoms. The van der Waals surface area contributed by atoms with Gasteiger partial charge < -0.3 is 4.74 Å². The van der Waals surface area contributed by atoms with E-state index in [4.69, 9.17) is 0 Å². The SMILES string of the molecule is [CH2]COC(=O)CC1=NC=C1. The number of hydrogen-bond acceptors (Lipinski definition) is 3. The molecule has 0 aliphatic carbocycles. The van der Waals surface area contributed by atoms with E-state index in [1.54, 1.807) is 12.3 Å². The molecular weight excluding hydrogens is 130 g/mol. The summed E-state index contributed by atoms with van der Waals surface area (Å²) < 4.78 is 4.58. The summed E-state index contributed by atoms with van der Waals surface area (Å²) in [5.74, 6) is -0.266. The molecule has 0 amide bonds. The standard InChI is InChI=1S/C7H8NO2/c1-2-10-7(9)5-6-3-4-8-6/h3-4H,1-2,5H2. The number of ether oxygens (including phenoxy) is 1. The molecule has 53 valence electrons. The highest BCUT2D eigenvalue weighted by atomic mass is 16.5. The smallest absolute Gasteiger partial charge is 0.311 e. The molecule has 1 heterocycles. The first-order valence-electron chi connectivity index (χ1n) is 3.01. The van der Waals surface area contributed by atoms with E-state index in [2.05, 4.69) is 16.7 Å². The van der Waals surface area contributed by atoms with Crippen molar-refractivity contribution in [2.75, 3.05) is 6.61 Å². The monoisotopic (exact) mass is 138 g/mol. The highest BCUT2D eigenvalue weighted by Gasteiger charge is 2.07. The molecule has 0 spiro atoms. The first kappa shape index (κ1) is 6.99. The Morgan fingerprint density at radius 1 is 1.80 bits per heavy atom. The van der Waals surface area contributed by atoms with Crippen LogP contribution < -0.4 is 0 Å². The van der Waals surface area contributed by atoms with Crippen LogP contribution >= 0.6 is 0 Å². The second-order valence-corrected chi connectivity index (χ2v) is 1.83. The van der Waals surface area contributed by atoms with Gasteiger partial charge in [-0.25, -0.2) is 0 Å². The van der Waals surface area contributed by atoms with E-state index in [0.717, 1.165) is 5.71 Å². The average Bonchev–Trinajstić information content (AvgIpc) is 1.80. The van der Waals surface area contributed by atoms with Gasteiger partial charge in [0.2, 0.25) is 0 Å². The minimum Gasteiger partial charge on any atom is -0.465 e. The van der Waals surface area contributed by atoms with Gasteiger partial charge in [-0.15, -0.1) is 0 Å². The number of aliphatic imine (C=N–C) groups is 1. The van der Waals surface area contributed by atoms with Crippen molar-refractivity contribution >= 4 is 11.7 Å². The third-order valence-electron chi connectivity index (χ3n) is 1.10. The fourth-order valence-electron chi connectivity index (χ4n) is 0.597. The fourth-order valence-corrected chi connectivity index (χ4v) is 0.597. The van der Waals surface area contributed by atoms with E-state index in [-0.39, 0.29) is 19.0 Å². The molecule has 1 aliphatic heterocycles. The zero-order valence-corrected chi connectivity index (χ0v) is 5.54. The highest BCUT2D eigenvalue weighted by Crippen LogP contribution is 2.01. The van der Waals surface area contributed by atoms with Crippen molar-refractivity contribution in [1.29, 1.82) is 0 Å². The van der Waals surface area contributed by atoms with E-state index in [1.807, 2.05) is 0 Å². The molecule has 0 N–H and O–H groups in total. The van der Waals surface area contributed by atoms with Crippen LogP contribution in [0.2, 0.25) is 0 Å². The summed E-state index contributed by atoms with van der Waals surface area (Å²) in [6, 6.07) is 0. The summed E-state index contributed by atoms with van der Waals surface area (Å²) >= 11 is 0. The van der Waals surface area contributed by atoms with Gasteiger partial charge in [-0.2, -0.15) is 0 Å². The lowest BCUT2D eigenvalue weighted by Gasteiger charge is -2.04. The molecule has 0 saturated carbocycles. The van der Waals surface area contributed by atoms with Crippen LogP contribution in [0.5, 0.6) is 0 Å². The molecule has 0 unspecified atom stereocenters. The predicted molar refractivity (Wildman–Crippen MR) is 37.5 cm³/mol. The van der Waals surface area contributed by atoms with Crippen molar-refractivity contribution in [3.05, 3.63) is 19.2 Å². The summed E-state index contributed by atoms with van der Waals surface area (Å²) in [4.78, 5) is 14.5. The molecule has 1 aliphatic rings. The largest absolute Gasteiger partial charge is 0.465 e. The van der Waals surface area contributed by atoms with Crippen molar-refractivity contribution in [3.63, 3.8) is 0 Å². The summed E-state index contributed by atoms with van der Waals surface area (Å²) in [6.07, 6.45) is 3.70. The average molecular weight is 138 g/mol. The first-order valence-corrected chi connectivity index (χ1v) is 3.01. The molecule has 0 fully saturated rings. The first-order chi connectivity index (χ1) is 4.83. The van der Waals surface area contributed by atoms with Gasteiger partial charge in [0.25, 0.3) is 0 Å². The van der Waals surface area contributed by atoms with E-state index >= 15 is 0 Å². The number of rotatable bonds is 3. The summed E-state index contributed by atoms with van der Waals surface area (Å²) in [6.45, 7) is 3.57. The van der Waals surface area contributed by atoms with E-state index in [9.17, 15) is 4.79 Å². The molecule has 3 nitrogen and oxygen atoms in total. The zero-order chi connectivity index (χ0) is 7.40.